The van der Waals surface area contributed by atoms with Crippen LogP contribution in [0.15, 0.2) is 0 Å². The SMILES string of the molecule is O=C[N+]1(N2CCCCC2)CCN(C(=O)Cl)C1=O. The standard InChI is InChI=1S/C10H15ClN3O3/c11-9(16)13-6-7-14(8-15,10(13)17)12-4-2-1-3-5-12/h8H,1-7H2/q+1. The lowest BCUT2D eigenvalue weighted by Crippen LogP contribution is -2.62. The van der Waals surface area contributed by atoms with Gasteiger partial charge < -0.3 is 0 Å². The predicted molar refractivity (Wildman–Crippen MR) is 60.0 cm³/mol. The third-order valence-corrected chi connectivity index (χ3v) is 3.65. The average Bonchev–Trinajstić information content (AvgIpc) is 2.69. The zero-order chi connectivity index (χ0) is 12.5. The molecule has 0 N–H and O–H groups in total. The number of halogens is 1. The van der Waals surface area contributed by atoms with Crippen LogP contribution in [0.25, 0.3) is 0 Å². The molecular formula is C10H15ClN3O3+. The van der Waals surface area contributed by atoms with Crippen LogP contribution < -0.4 is 0 Å². The molecule has 2 heterocycles. The normalized spacial score (nSPS) is 30.6. The van der Waals surface area contributed by atoms with Crippen molar-refractivity contribution in [2.45, 2.75) is 19.3 Å². The molecule has 0 aliphatic carbocycles. The Morgan fingerprint density at radius 2 is 1.88 bits per heavy atom. The number of piperidine rings is 1. The number of hydrogen-bond donors (Lipinski definition) is 0. The molecule has 1 atom stereocenters. The monoisotopic (exact) mass is 260 g/mol. The number of carbonyl (C=O) groups is 3. The predicted octanol–water partition coefficient (Wildman–Crippen LogP) is 1.15. The summed E-state index contributed by atoms with van der Waals surface area (Å²) in [6.45, 7) is 1.90. The largest absolute Gasteiger partial charge is 0.454 e. The first-order valence-electron chi connectivity index (χ1n) is 5.73. The third kappa shape index (κ3) is 1.96. The van der Waals surface area contributed by atoms with Gasteiger partial charge in [-0.2, -0.15) is 0 Å². The fourth-order valence-electron chi connectivity index (χ4n) is 2.48. The van der Waals surface area contributed by atoms with E-state index in [1.807, 2.05) is 5.01 Å². The molecule has 0 bridgehead atoms. The molecule has 2 rings (SSSR count). The molecule has 0 spiro atoms. The summed E-state index contributed by atoms with van der Waals surface area (Å²) in [7, 11) is 0. The third-order valence-electron chi connectivity index (χ3n) is 3.45. The molecule has 2 fully saturated rings. The maximum absolute atomic E-state index is 12.1. The van der Waals surface area contributed by atoms with Gasteiger partial charge in [-0.3, -0.25) is 4.79 Å². The Morgan fingerprint density at radius 3 is 2.35 bits per heavy atom. The smallest absolute Gasteiger partial charge is 0.255 e. The van der Waals surface area contributed by atoms with Gasteiger partial charge in [-0.1, -0.05) is 6.42 Å². The van der Waals surface area contributed by atoms with Crippen LogP contribution in [0.2, 0.25) is 0 Å². The Labute approximate surface area is 104 Å². The Balaban J connectivity index is 2.23. The Hall–Kier alpha value is -0.980. The highest BCUT2D eigenvalue weighted by Gasteiger charge is 2.54. The van der Waals surface area contributed by atoms with E-state index < -0.39 is 16.0 Å². The number of carbonyl (C=O) groups excluding carboxylic acids is 3. The minimum absolute atomic E-state index is 0.205. The number of hydrogen-bond acceptors (Lipinski definition) is 4. The van der Waals surface area contributed by atoms with Crippen molar-refractivity contribution in [2.24, 2.45) is 0 Å². The second-order valence-electron chi connectivity index (χ2n) is 4.36. The topological polar surface area (TPSA) is 57.7 Å². The van der Waals surface area contributed by atoms with Gasteiger partial charge in [0.1, 0.15) is 6.54 Å². The summed E-state index contributed by atoms with van der Waals surface area (Å²) in [4.78, 5) is 35.5. The molecule has 0 aromatic rings. The number of rotatable bonds is 2. The zero-order valence-corrected chi connectivity index (χ0v) is 10.2. The fourth-order valence-corrected chi connectivity index (χ4v) is 2.63. The molecule has 0 aromatic heterocycles. The number of urea groups is 1. The van der Waals surface area contributed by atoms with Gasteiger partial charge in [-0.15, -0.1) is 9.60 Å². The van der Waals surface area contributed by atoms with Crippen molar-refractivity contribution < 1.29 is 19.0 Å². The van der Waals surface area contributed by atoms with Crippen LogP contribution in [-0.2, 0) is 4.79 Å². The van der Waals surface area contributed by atoms with E-state index in [0.717, 1.165) is 24.2 Å². The van der Waals surface area contributed by atoms with Crippen molar-refractivity contribution in [1.82, 2.24) is 9.91 Å². The van der Waals surface area contributed by atoms with Gasteiger partial charge in [0.05, 0.1) is 6.54 Å². The number of quaternary nitrogens is 1. The van der Waals surface area contributed by atoms with Crippen LogP contribution in [0.5, 0.6) is 0 Å². The second-order valence-corrected chi connectivity index (χ2v) is 4.68. The lowest BCUT2D eigenvalue weighted by atomic mass is 10.1. The molecular weight excluding hydrogens is 246 g/mol. The van der Waals surface area contributed by atoms with Crippen LogP contribution in [0.4, 0.5) is 9.59 Å². The van der Waals surface area contributed by atoms with E-state index in [0.29, 0.717) is 26.0 Å². The fraction of sp³-hybridized carbons (Fsp3) is 0.700. The van der Waals surface area contributed by atoms with Crippen molar-refractivity contribution in [3.05, 3.63) is 0 Å². The van der Waals surface area contributed by atoms with Crippen molar-refractivity contribution in [3.8, 4) is 0 Å². The minimum Gasteiger partial charge on any atom is -0.255 e. The molecule has 17 heavy (non-hydrogen) atoms. The average molecular weight is 261 g/mol. The highest BCUT2D eigenvalue weighted by molar-refractivity contribution is 6.63. The molecule has 1 unspecified atom stereocenters. The maximum Gasteiger partial charge on any atom is 0.454 e. The summed E-state index contributed by atoms with van der Waals surface area (Å²) in [6.07, 6.45) is 3.67. The van der Waals surface area contributed by atoms with E-state index in [-0.39, 0.29) is 6.54 Å². The quantitative estimate of drug-likeness (QED) is 0.324. The summed E-state index contributed by atoms with van der Waals surface area (Å²) in [5.41, 5.74) is 0. The van der Waals surface area contributed by atoms with Crippen molar-refractivity contribution in [2.75, 3.05) is 26.2 Å². The first-order chi connectivity index (χ1) is 8.12. The summed E-state index contributed by atoms with van der Waals surface area (Å²) in [5, 5.41) is 1.02. The lowest BCUT2D eigenvalue weighted by Gasteiger charge is -2.36. The van der Waals surface area contributed by atoms with E-state index in [2.05, 4.69) is 0 Å². The van der Waals surface area contributed by atoms with E-state index in [9.17, 15) is 14.4 Å². The number of imide groups is 2. The van der Waals surface area contributed by atoms with Gasteiger partial charge in [0.15, 0.2) is 0 Å². The highest BCUT2D eigenvalue weighted by Crippen LogP contribution is 2.25. The molecule has 94 valence electrons. The van der Waals surface area contributed by atoms with Gasteiger partial charge in [-0.25, -0.2) is 14.5 Å². The Morgan fingerprint density at radius 1 is 1.24 bits per heavy atom. The lowest BCUT2D eigenvalue weighted by molar-refractivity contribution is -0.884. The molecule has 7 heteroatoms. The first-order valence-corrected chi connectivity index (χ1v) is 6.10. The highest BCUT2D eigenvalue weighted by atomic mass is 35.5. The van der Waals surface area contributed by atoms with Gasteiger partial charge in [0.2, 0.25) is 0 Å². The van der Waals surface area contributed by atoms with Crippen LogP contribution in [0.3, 0.4) is 0 Å². The van der Waals surface area contributed by atoms with Gasteiger partial charge in [-0.05, 0) is 24.4 Å². The molecule has 2 aliphatic rings. The first kappa shape index (κ1) is 12.5. The molecule has 0 saturated carbocycles. The molecule has 6 nitrogen and oxygen atoms in total. The molecule has 4 amide bonds. The molecule has 2 saturated heterocycles. The summed E-state index contributed by atoms with van der Waals surface area (Å²) < 4.78 is -0.404. The van der Waals surface area contributed by atoms with Crippen LogP contribution >= 0.6 is 11.6 Å². The Kier molecular flexibility index (Phi) is 3.46. The maximum atomic E-state index is 12.1. The van der Waals surface area contributed by atoms with E-state index in [4.69, 9.17) is 11.6 Å². The Bertz CT molecular complexity index is 357. The minimum atomic E-state index is -0.811. The number of amides is 4. The van der Waals surface area contributed by atoms with E-state index in [1.54, 1.807) is 0 Å². The van der Waals surface area contributed by atoms with Crippen molar-refractivity contribution in [3.63, 3.8) is 0 Å². The van der Waals surface area contributed by atoms with Crippen molar-refractivity contribution >= 4 is 29.4 Å². The summed E-state index contributed by atoms with van der Waals surface area (Å²) in [5.74, 6) is 0. The summed E-state index contributed by atoms with van der Waals surface area (Å²) in [6, 6.07) is -0.526. The van der Waals surface area contributed by atoms with Crippen LogP contribution in [0.1, 0.15) is 19.3 Å². The van der Waals surface area contributed by atoms with Crippen molar-refractivity contribution in [1.29, 1.82) is 0 Å². The second kappa shape index (κ2) is 4.72. The van der Waals surface area contributed by atoms with E-state index >= 15 is 0 Å². The van der Waals surface area contributed by atoms with Gasteiger partial charge in [0, 0.05) is 13.1 Å². The molecule has 2 aliphatic heterocycles. The van der Waals surface area contributed by atoms with Gasteiger partial charge >= 0.3 is 17.8 Å². The molecule has 0 aromatic carbocycles. The van der Waals surface area contributed by atoms with Crippen LogP contribution in [-0.4, -0.2) is 58.5 Å². The van der Waals surface area contributed by atoms with E-state index in [1.165, 1.54) is 0 Å². The zero-order valence-electron chi connectivity index (χ0n) is 9.47. The number of nitrogens with zero attached hydrogens (tertiary/aromatic N) is 3. The summed E-state index contributed by atoms with van der Waals surface area (Å²) >= 11 is 5.32. The van der Waals surface area contributed by atoms with Gasteiger partial charge in [0.25, 0.3) is 0 Å². The van der Waals surface area contributed by atoms with Crippen LogP contribution in [0, 0.1) is 0 Å². The molecule has 0 radical (unpaired) electrons.